The quantitative estimate of drug-likeness (QED) is 0.893. The Morgan fingerprint density at radius 1 is 1.56 bits per heavy atom. The number of aromatic nitrogens is 3. The highest BCUT2D eigenvalue weighted by Gasteiger charge is 2.64. The van der Waals surface area contributed by atoms with E-state index in [2.05, 4.69) is 30.9 Å². The average Bonchev–Trinajstić information content (AvgIpc) is 2.66. The van der Waals surface area contributed by atoms with Gasteiger partial charge in [-0.1, -0.05) is 13.8 Å². The van der Waals surface area contributed by atoms with Gasteiger partial charge in [0.25, 0.3) is 0 Å². The molecule has 3 rings (SSSR count). The Hall–Kier alpha value is -1.43. The van der Waals surface area contributed by atoms with Gasteiger partial charge in [-0.05, 0) is 27.4 Å². The fourth-order valence-electron chi connectivity index (χ4n) is 2.65. The minimum absolute atomic E-state index is 0.0667. The van der Waals surface area contributed by atoms with Gasteiger partial charge in [-0.25, -0.2) is 9.97 Å². The van der Waals surface area contributed by atoms with Crippen LogP contribution in [-0.4, -0.2) is 26.0 Å². The van der Waals surface area contributed by atoms with Crippen LogP contribution in [0.15, 0.2) is 16.7 Å². The van der Waals surface area contributed by atoms with Crippen molar-refractivity contribution in [2.75, 3.05) is 0 Å². The first kappa shape index (κ1) is 11.6. The first-order chi connectivity index (χ1) is 8.41. The van der Waals surface area contributed by atoms with Crippen LogP contribution >= 0.6 is 15.9 Å². The van der Waals surface area contributed by atoms with Gasteiger partial charge in [-0.2, -0.15) is 0 Å². The number of carboxylic acids is 1. The van der Waals surface area contributed by atoms with Gasteiger partial charge >= 0.3 is 5.97 Å². The molecule has 94 valence electrons. The summed E-state index contributed by atoms with van der Waals surface area (Å²) in [6, 6.07) is 1.89. The largest absolute Gasteiger partial charge is 0.481 e. The zero-order valence-electron chi connectivity index (χ0n) is 9.94. The summed E-state index contributed by atoms with van der Waals surface area (Å²) in [4.78, 5) is 22.9. The molecule has 6 heteroatoms. The van der Waals surface area contributed by atoms with Crippen LogP contribution in [0.2, 0.25) is 0 Å². The number of nitrogens with zero attached hydrogens (tertiary/aromatic N) is 2. The lowest BCUT2D eigenvalue weighted by Gasteiger charge is -1.97. The standard InChI is InChI=1S/C12H12BrN3O2/c1-12(2)7(8(12)11(17)18)10-15-6-3-5(13)4-14-9(6)16-10/h3-4,7-8H,1-2H3,(H,17,18)(H,14,15,16). The maximum atomic E-state index is 11.2. The van der Waals surface area contributed by atoms with Crippen LogP contribution in [0, 0.1) is 11.3 Å². The Balaban J connectivity index is 2.04. The fourth-order valence-corrected chi connectivity index (χ4v) is 2.98. The number of rotatable bonds is 2. The molecule has 0 aliphatic heterocycles. The van der Waals surface area contributed by atoms with Gasteiger partial charge in [0, 0.05) is 16.6 Å². The fraction of sp³-hybridized carbons (Fsp3) is 0.417. The van der Waals surface area contributed by atoms with Crippen LogP contribution in [0.25, 0.3) is 11.2 Å². The predicted octanol–water partition coefficient (Wildman–Crippen LogP) is 2.54. The van der Waals surface area contributed by atoms with Crippen LogP contribution in [0.4, 0.5) is 0 Å². The van der Waals surface area contributed by atoms with Gasteiger partial charge in [-0.15, -0.1) is 0 Å². The molecule has 1 saturated carbocycles. The van der Waals surface area contributed by atoms with Crippen LogP contribution in [-0.2, 0) is 4.79 Å². The van der Waals surface area contributed by atoms with Crippen molar-refractivity contribution in [2.24, 2.45) is 11.3 Å². The second kappa shape index (κ2) is 3.54. The van der Waals surface area contributed by atoms with Gasteiger partial charge in [0.2, 0.25) is 0 Å². The zero-order valence-corrected chi connectivity index (χ0v) is 11.5. The van der Waals surface area contributed by atoms with Crippen molar-refractivity contribution in [2.45, 2.75) is 19.8 Å². The minimum atomic E-state index is -0.764. The van der Waals surface area contributed by atoms with Crippen LogP contribution < -0.4 is 0 Å². The Labute approximate surface area is 112 Å². The average molecular weight is 310 g/mol. The molecule has 0 radical (unpaired) electrons. The summed E-state index contributed by atoms with van der Waals surface area (Å²) in [5.41, 5.74) is 1.20. The lowest BCUT2D eigenvalue weighted by Crippen LogP contribution is -2.03. The zero-order chi connectivity index (χ0) is 13.1. The molecular weight excluding hydrogens is 298 g/mol. The monoisotopic (exact) mass is 309 g/mol. The maximum absolute atomic E-state index is 11.2. The summed E-state index contributed by atoms with van der Waals surface area (Å²) >= 11 is 3.35. The molecule has 0 bridgehead atoms. The van der Waals surface area contributed by atoms with E-state index >= 15 is 0 Å². The first-order valence-corrected chi connectivity index (χ1v) is 6.44. The van der Waals surface area contributed by atoms with Crippen LogP contribution in [0.3, 0.4) is 0 Å². The van der Waals surface area contributed by atoms with E-state index in [1.54, 1.807) is 6.20 Å². The van der Waals surface area contributed by atoms with Crippen molar-refractivity contribution in [3.63, 3.8) is 0 Å². The van der Waals surface area contributed by atoms with E-state index in [0.29, 0.717) is 11.5 Å². The van der Waals surface area contributed by atoms with Gasteiger partial charge in [0.15, 0.2) is 5.65 Å². The molecule has 2 N–H and O–H groups in total. The summed E-state index contributed by atoms with van der Waals surface area (Å²) in [5, 5.41) is 9.17. The normalized spacial score (nSPS) is 25.3. The molecule has 1 fully saturated rings. The molecule has 0 aromatic carbocycles. The van der Waals surface area contributed by atoms with E-state index in [1.165, 1.54) is 0 Å². The number of carboxylic acid groups (broad SMARTS) is 1. The Kier molecular flexibility index (Phi) is 2.29. The number of hydrogen-bond acceptors (Lipinski definition) is 3. The number of aromatic amines is 1. The van der Waals surface area contributed by atoms with E-state index in [1.807, 2.05) is 19.9 Å². The smallest absolute Gasteiger partial charge is 0.307 e. The topological polar surface area (TPSA) is 78.9 Å². The van der Waals surface area contributed by atoms with Crippen molar-refractivity contribution in [1.82, 2.24) is 15.0 Å². The van der Waals surface area contributed by atoms with Gasteiger partial charge < -0.3 is 10.1 Å². The van der Waals surface area contributed by atoms with Gasteiger partial charge in [0.05, 0.1) is 11.4 Å². The second-order valence-corrected chi connectivity index (χ2v) is 6.18. The summed E-state index contributed by atoms with van der Waals surface area (Å²) in [6.07, 6.45) is 1.68. The molecule has 2 aromatic heterocycles. The van der Waals surface area contributed by atoms with Crippen molar-refractivity contribution in [1.29, 1.82) is 0 Å². The molecule has 2 atom stereocenters. The summed E-state index contributed by atoms with van der Waals surface area (Å²) < 4.78 is 0.870. The number of pyridine rings is 1. The Morgan fingerprint density at radius 3 is 2.89 bits per heavy atom. The molecule has 2 unspecified atom stereocenters. The van der Waals surface area contributed by atoms with Crippen molar-refractivity contribution < 1.29 is 9.90 Å². The van der Waals surface area contributed by atoms with Gasteiger partial charge in [0.1, 0.15) is 5.82 Å². The lowest BCUT2D eigenvalue weighted by atomic mass is 10.1. The molecule has 2 aromatic rings. The number of fused-ring (bicyclic) bond motifs is 1. The highest BCUT2D eigenvalue weighted by Crippen LogP contribution is 2.63. The minimum Gasteiger partial charge on any atom is -0.481 e. The number of hydrogen-bond donors (Lipinski definition) is 2. The summed E-state index contributed by atoms with van der Waals surface area (Å²) in [5.74, 6) is -0.489. The molecule has 0 amide bonds. The number of halogens is 1. The van der Waals surface area contributed by atoms with Crippen molar-refractivity contribution >= 4 is 33.1 Å². The van der Waals surface area contributed by atoms with Crippen molar-refractivity contribution in [3.8, 4) is 0 Å². The third-order valence-corrected chi connectivity index (χ3v) is 4.14. The number of carbonyl (C=O) groups is 1. The highest BCUT2D eigenvalue weighted by atomic mass is 79.9. The van der Waals surface area contributed by atoms with E-state index < -0.39 is 5.97 Å². The Morgan fingerprint density at radius 2 is 2.28 bits per heavy atom. The van der Waals surface area contributed by atoms with E-state index in [9.17, 15) is 9.90 Å². The van der Waals surface area contributed by atoms with E-state index in [0.717, 1.165) is 9.99 Å². The third kappa shape index (κ3) is 1.55. The molecule has 0 spiro atoms. The number of nitrogens with one attached hydrogen (secondary N) is 1. The molecule has 5 nitrogen and oxygen atoms in total. The lowest BCUT2D eigenvalue weighted by molar-refractivity contribution is -0.139. The van der Waals surface area contributed by atoms with Crippen molar-refractivity contribution in [3.05, 3.63) is 22.6 Å². The number of aliphatic carboxylic acids is 1. The van der Waals surface area contributed by atoms with Crippen LogP contribution in [0.5, 0.6) is 0 Å². The van der Waals surface area contributed by atoms with Crippen LogP contribution in [0.1, 0.15) is 25.6 Å². The molecule has 1 aliphatic rings. The Bertz CT molecular complexity index is 650. The molecular formula is C12H12BrN3O2. The van der Waals surface area contributed by atoms with E-state index in [4.69, 9.17) is 0 Å². The number of imidazole rings is 1. The SMILES string of the molecule is CC1(C)C(C(=O)O)C1c1nc2ncc(Br)cc2[nH]1. The first-order valence-electron chi connectivity index (χ1n) is 5.65. The highest BCUT2D eigenvalue weighted by molar-refractivity contribution is 9.10. The maximum Gasteiger partial charge on any atom is 0.307 e. The predicted molar refractivity (Wildman–Crippen MR) is 69.2 cm³/mol. The van der Waals surface area contributed by atoms with E-state index in [-0.39, 0.29) is 17.3 Å². The van der Waals surface area contributed by atoms with Gasteiger partial charge in [-0.3, -0.25) is 4.79 Å². The molecule has 18 heavy (non-hydrogen) atoms. The third-order valence-electron chi connectivity index (χ3n) is 3.71. The molecule has 0 saturated heterocycles. The summed E-state index contributed by atoms with van der Waals surface area (Å²) in [6.45, 7) is 3.90. The summed E-state index contributed by atoms with van der Waals surface area (Å²) in [7, 11) is 0. The second-order valence-electron chi connectivity index (χ2n) is 5.26. The molecule has 2 heterocycles. The number of H-pyrrole nitrogens is 1. The molecule has 1 aliphatic carbocycles.